The van der Waals surface area contributed by atoms with Gasteiger partial charge in [0.25, 0.3) is 0 Å². The molecule has 0 spiro atoms. The van der Waals surface area contributed by atoms with Crippen molar-refractivity contribution in [2.24, 2.45) is 5.92 Å². The molecule has 5 heteroatoms. The Morgan fingerprint density at radius 1 is 0.860 bits per heavy atom. The maximum absolute atomic E-state index is 13.2. The number of aliphatic hydroxyl groups is 1. The van der Waals surface area contributed by atoms with Crippen LogP contribution in [0.25, 0.3) is 11.5 Å². The van der Waals surface area contributed by atoms with E-state index in [1.54, 1.807) is 0 Å². The molecule has 1 N–H and O–H groups in total. The molecular weight excluding hydrogens is 534 g/mol. The van der Waals surface area contributed by atoms with Crippen molar-refractivity contribution in [1.29, 1.82) is 0 Å². The largest absolute Gasteiger partial charge is 0.513 e. The first-order chi connectivity index (χ1) is 21.0. The maximum Gasteiger partial charge on any atom is 0.226 e. The molecule has 0 radical (unpaired) electrons. The summed E-state index contributed by atoms with van der Waals surface area (Å²) in [5, 5.41) is 10.4. The highest BCUT2D eigenvalue weighted by Gasteiger charge is 2.19. The van der Waals surface area contributed by atoms with Crippen molar-refractivity contribution < 1.29 is 19.1 Å². The van der Waals surface area contributed by atoms with Crippen molar-refractivity contribution in [3.05, 3.63) is 155 Å². The zero-order valence-corrected chi connectivity index (χ0v) is 25.1. The lowest BCUT2D eigenvalue weighted by atomic mass is 9.87. The number of carbonyl (C=O) groups is 1. The highest BCUT2D eigenvalue weighted by atomic mass is 16.5. The molecule has 1 atom stereocenters. The van der Waals surface area contributed by atoms with E-state index < -0.39 is 0 Å². The van der Waals surface area contributed by atoms with Gasteiger partial charge in [-0.3, -0.25) is 4.79 Å². The summed E-state index contributed by atoms with van der Waals surface area (Å²) in [6.45, 7) is 10.2. The first-order valence-corrected chi connectivity index (χ1v) is 14.8. The number of oxazole rings is 1. The van der Waals surface area contributed by atoms with Gasteiger partial charge in [0, 0.05) is 29.0 Å². The van der Waals surface area contributed by atoms with Gasteiger partial charge in [-0.2, -0.15) is 0 Å². The fraction of sp³-hybridized carbons (Fsp3) is 0.211. The molecule has 43 heavy (non-hydrogen) atoms. The molecule has 220 valence electrons. The molecule has 0 aliphatic rings. The molecule has 1 aromatic heterocycles. The number of allylic oxidation sites excluding steroid dienone is 1. The minimum Gasteiger partial charge on any atom is -0.513 e. The predicted molar refractivity (Wildman–Crippen MR) is 173 cm³/mol. The van der Waals surface area contributed by atoms with Gasteiger partial charge in [0.05, 0.1) is 18.1 Å². The maximum atomic E-state index is 13.2. The van der Waals surface area contributed by atoms with E-state index >= 15 is 0 Å². The van der Waals surface area contributed by atoms with E-state index in [4.69, 9.17) is 9.15 Å². The number of rotatable bonds is 12. The van der Waals surface area contributed by atoms with Crippen LogP contribution in [0.3, 0.4) is 0 Å². The standard InChI is InChI=1S/C36H33NO4.C2H6/c1-25(38)31(24-30-15-9-10-16-33(30)35(39)28-11-5-3-6-12-28)23-27-17-19-32(20-18-27)40-22-21-34-26(2)41-36(37-34)29-13-7-4-8-14-29;1-2/h3-20,31,38H,1,21-24H2,2H3;1-2H3. The molecule has 0 saturated heterocycles. The van der Waals surface area contributed by atoms with Gasteiger partial charge in [-0.25, -0.2) is 4.98 Å². The molecule has 0 aliphatic heterocycles. The third-order valence-corrected chi connectivity index (χ3v) is 7.16. The number of aliphatic hydroxyl groups excluding tert-OH is 1. The van der Waals surface area contributed by atoms with Gasteiger partial charge < -0.3 is 14.3 Å². The molecule has 1 heterocycles. The van der Waals surface area contributed by atoms with Crippen LogP contribution in [0.2, 0.25) is 0 Å². The minimum atomic E-state index is -0.236. The summed E-state index contributed by atoms with van der Waals surface area (Å²) < 4.78 is 11.8. The smallest absolute Gasteiger partial charge is 0.226 e. The normalized spacial score (nSPS) is 11.2. The summed E-state index contributed by atoms with van der Waals surface area (Å²) in [5.41, 5.74) is 5.06. The van der Waals surface area contributed by atoms with Crippen molar-refractivity contribution in [3.8, 4) is 17.2 Å². The van der Waals surface area contributed by atoms with Crippen LogP contribution in [0.5, 0.6) is 5.75 Å². The van der Waals surface area contributed by atoms with Crippen molar-refractivity contribution in [2.75, 3.05) is 6.61 Å². The Morgan fingerprint density at radius 2 is 1.49 bits per heavy atom. The van der Waals surface area contributed by atoms with Gasteiger partial charge in [0.15, 0.2) is 5.78 Å². The van der Waals surface area contributed by atoms with E-state index in [2.05, 4.69) is 11.6 Å². The van der Waals surface area contributed by atoms with Crippen LogP contribution in [0, 0.1) is 12.8 Å². The fourth-order valence-corrected chi connectivity index (χ4v) is 4.87. The van der Waals surface area contributed by atoms with Crippen LogP contribution >= 0.6 is 0 Å². The van der Waals surface area contributed by atoms with E-state index in [0.717, 1.165) is 33.9 Å². The lowest BCUT2D eigenvalue weighted by Crippen LogP contribution is -2.14. The Labute approximate surface area is 254 Å². The van der Waals surface area contributed by atoms with E-state index in [0.29, 0.717) is 42.9 Å². The van der Waals surface area contributed by atoms with E-state index in [1.165, 1.54) is 0 Å². The quantitative estimate of drug-likeness (QED) is 0.119. The number of ketones is 1. The number of hydrogen-bond donors (Lipinski definition) is 1. The van der Waals surface area contributed by atoms with E-state index in [1.807, 2.05) is 130 Å². The summed E-state index contributed by atoms with van der Waals surface area (Å²) in [6.07, 6.45) is 1.73. The predicted octanol–water partition coefficient (Wildman–Crippen LogP) is 9.00. The molecule has 4 aromatic carbocycles. The van der Waals surface area contributed by atoms with Gasteiger partial charge >= 0.3 is 0 Å². The van der Waals surface area contributed by atoms with Crippen molar-refractivity contribution >= 4 is 5.78 Å². The average Bonchev–Trinajstić information content (AvgIpc) is 3.43. The van der Waals surface area contributed by atoms with Crippen LogP contribution in [0.1, 0.15) is 52.3 Å². The Morgan fingerprint density at radius 3 is 2.16 bits per heavy atom. The molecule has 0 amide bonds. The summed E-state index contributed by atoms with van der Waals surface area (Å²) in [7, 11) is 0. The highest BCUT2D eigenvalue weighted by Crippen LogP contribution is 2.25. The van der Waals surface area contributed by atoms with Crippen LogP contribution < -0.4 is 4.74 Å². The number of nitrogens with zero attached hydrogens (tertiary/aromatic N) is 1. The minimum absolute atomic E-state index is 0.0258. The van der Waals surface area contributed by atoms with E-state index in [-0.39, 0.29) is 17.5 Å². The SMILES string of the molecule is C=C(O)C(Cc1ccc(OCCc2nc(-c3ccccc3)oc2C)cc1)Cc1ccccc1C(=O)c1ccccc1.CC. The van der Waals surface area contributed by atoms with Crippen molar-refractivity contribution in [1.82, 2.24) is 4.98 Å². The Kier molecular flexibility index (Phi) is 11.1. The number of benzene rings is 4. The second-order valence-electron chi connectivity index (χ2n) is 10.1. The molecule has 5 aromatic rings. The van der Waals surface area contributed by atoms with Crippen LogP contribution in [0.4, 0.5) is 0 Å². The third kappa shape index (κ3) is 8.32. The molecule has 0 fully saturated rings. The van der Waals surface area contributed by atoms with E-state index in [9.17, 15) is 9.90 Å². The number of hydrogen-bond acceptors (Lipinski definition) is 5. The molecule has 0 aliphatic carbocycles. The van der Waals surface area contributed by atoms with Crippen LogP contribution in [0.15, 0.2) is 126 Å². The second-order valence-corrected chi connectivity index (χ2v) is 10.1. The lowest BCUT2D eigenvalue weighted by molar-refractivity contribution is 0.103. The Bertz CT molecular complexity index is 1610. The molecule has 5 rings (SSSR count). The average molecular weight is 574 g/mol. The second kappa shape index (κ2) is 15.4. The highest BCUT2D eigenvalue weighted by molar-refractivity contribution is 6.09. The van der Waals surface area contributed by atoms with Crippen molar-refractivity contribution in [2.45, 2.75) is 40.0 Å². The number of aryl methyl sites for hydroxylation is 1. The zero-order chi connectivity index (χ0) is 30.6. The summed E-state index contributed by atoms with van der Waals surface area (Å²) in [5.74, 6) is 2.02. The molecule has 0 saturated carbocycles. The first-order valence-electron chi connectivity index (χ1n) is 14.8. The summed E-state index contributed by atoms with van der Waals surface area (Å²) >= 11 is 0. The monoisotopic (exact) mass is 573 g/mol. The van der Waals surface area contributed by atoms with Crippen LogP contribution in [-0.4, -0.2) is 22.5 Å². The summed E-state index contributed by atoms with van der Waals surface area (Å²) in [4.78, 5) is 17.8. The van der Waals surface area contributed by atoms with Crippen molar-refractivity contribution in [3.63, 3.8) is 0 Å². The zero-order valence-electron chi connectivity index (χ0n) is 25.1. The third-order valence-electron chi connectivity index (χ3n) is 7.16. The number of carbonyl (C=O) groups excluding carboxylic acids is 1. The van der Waals surface area contributed by atoms with Crippen LogP contribution in [-0.2, 0) is 19.3 Å². The Balaban J connectivity index is 0.00000207. The lowest BCUT2D eigenvalue weighted by Gasteiger charge is -2.18. The topological polar surface area (TPSA) is 72.6 Å². The van der Waals surface area contributed by atoms with Gasteiger partial charge in [-0.15, -0.1) is 0 Å². The van der Waals surface area contributed by atoms with Gasteiger partial charge in [-0.1, -0.05) is 105 Å². The number of aromatic nitrogens is 1. The molecule has 5 nitrogen and oxygen atoms in total. The summed E-state index contributed by atoms with van der Waals surface area (Å²) in [6, 6.07) is 34.6. The van der Waals surface area contributed by atoms with Gasteiger partial charge in [-0.05, 0) is 55.2 Å². The molecule has 1 unspecified atom stereocenters. The van der Waals surface area contributed by atoms with Gasteiger partial charge in [0.2, 0.25) is 5.89 Å². The fourth-order valence-electron chi connectivity index (χ4n) is 4.87. The Hall–Kier alpha value is -4.90. The molecular formula is C38H39NO4. The molecule has 0 bridgehead atoms. The van der Waals surface area contributed by atoms with Gasteiger partial charge in [0.1, 0.15) is 11.5 Å². The number of ether oxygens (including phenoxy) is 1. The first kappa shape index (κ1) is 31.0.